The van der Waals surface area contributed by atoms with Gasteiger partial charge in [0.25, 0.3) is 0 Å². The largest absolute Gasteiger partial charge is 0.478 e. The van der Waals surface area contributed by atoms with Crippen LogP contribution in [0.1, 0.15) is 44.0 Å². The predicted octanol–water partition coefficient (Wildman–Crippen LogP) is 5.24. The lowest BCUT2D eigenvalue weighted by molar-refractivity contribution is 0.0694. The molecule has 0 saturated carbocycles. The van der Waals surface area contributed by atoms with Gasteiger partial charge in [-0.25, -0.2) is 9.18 Å². The van der Waals surface area contributed by atoms with Gasteiger partial charge in [0.15, 0.2) is 0 Å². The molecule has 0 aliphatic heterocycles. The lowest BCUT2D eigenvalue weighted by Crippen LogP contribution is -2.15. The van der Waals surface area contributed by atoms with Crippen LogP contribution in [0.4, 0.5) is 4.39 Å². The Morgan fingerprint density at radius 2 is 1.86 bits per heavy atom. The molecule has 0 spiro atoms. The first-order chi connectivity index (χ1) is 13.8. The number of carboxylic acids is 1. The van der Waals surface area contributed by atoms with E-state index in [9.17, 15) is 14.3 Å². The first-order valence-electron chi connectivity index (χ1n) is 9.40. The highest BCUT2D eigenvalue weighted by atomic mass is 35.5. The normalized spacial score (nSPS) is 11.1. The van der Waals surface area contributed by atoms with E-state index in [0.29, 0.717) is 35.9 Å². The van der Waals surface area contributed by atoms with Crippen molar-refractivity contribution in [3.63, 3.8) is 0 Å². The van der Waals surface area contributed by atoms with Crippen molar-refractivity contribution in [1.82, 2.24) is 9.88 Å². The van der Waals surface area contributed by atoms with E-state index < -0.39 is 11.8 Å². The number of rotatable bonds is 7. The van der Waals surface area contributed by atoms with Gasteiger partial charge in [0, 0.05) is 41.6 Å². The van der Waals surface area contributed by atoms with Crippen molar-refractivity contribution in [1.29, 1.82) is 0 Å². The van der Waals surface area contributed by atoms with Gasteiger partial charge in [-0.3, -0.25) is 0 Å². The number of aromatic nitrogens is 1. The van der Waals surface area contributed by atoms with E-state index in [1.54, 1.807) is 13.0 Å². The topological polar surface area (TPSA) is 54.3 Å². The second kappa shape index (κ2) is 8.80. The maximum absolute atomic E-state index is 13.3. The minimum absolute atomic E-state index is 0.303. The maximum atomic E-state index is 13.3. The zero-order chi connectivity index (χ0) is 21.1. The van der Waals surface area contributed by atoms with Crippen molar-refractivity contribution in [3.05, 3.63) is 92.5 Å². The molecule has 0 saturated heterocycles. The summed E-state index contributed by atoms with van der Waals surface area (Å²) < 4.78 is 15.3. The second-order valence-corrected chi connectivity index (χ2v) is 7.65. The number of hydrogen-bond acceptors (Lipinski definition) is 2. The average Bonchev–Trinajstić information content (AvgIpc) is 2.88. The Morgan fingerprint density at radius 3 is 2.52 bits per heavy atom. The van der Waals surface area contributed by atoms with E-state index in [0.717, 1.165) is 22.4 Å². The van der Waals surface area contributed by atoms with E-state index >= 15 is 0 Å². The molecule has 0 amide bonds. The number of nitrogens with one attached hydrogen (secondary N) is 1. The van der Waals surface area contributed by atoms with Gasteiger partial charge in [-0.1, -0.05) is 47.5 Å². The molecule has 0 fully saturated rings. The van der Waals surface area contributed by atoms with Crippen LogP contribution in [0.3, 0.4) is 0 Å². The summed E-state index contributed by atoms with van der Waals surface area (Å²) in [5.74, 6) is -1.35. The van der Waals surface area contributed by atoms with E-state index in [1.807, 2.05) is 36.6 Å². The van der Waals surface area contributed by atoms with Gasteiger partial charge in [-0.2, -0.15) is 0 Å². The van der Waals surface area contributed by atoms with Crippen LogP contribution in [0.25, 0.3) is 0 Å². The molecule has 0 aliphatic carbocycles. The van der Waals surface area contributed by atoms with E-state index in [1.165, 1.54) is 17.7 Å². The number of carbonyl (C=O) groups is 1. The second-order valence-electron chi connectivity index (χ2n) is 7.24. The summed E-state index contributed by atoms with van der Waals surface area (Å²) in [6.07, 6.45) is 0. The number of hydrogen-bond donors (Lipinski definition) is 2. The molecule has 0 atom stereocenters. The number of nitrogens with zero attached hydrogens (tertiary/aromatic N) is 1. The quantitative estimate of drug-likeness (QED) is 0.555. The molecule has 4 nitrogen and oxygen atoms in total. The summed E-state index contributed by atoms with van der Waals surface area (Å²) in [7, 11) is 0. The summed E-state index contributed by atoms with van der Waals surface area (Å²) in [6.45, 7) is 7.20. The lowest BCUT2D eigenvalue weighted by Gasteiger charge is -2.12. The summed E-state index contributed by atoms with van der Waals surface area (Å²) in [5.41, 5.74) is 5.64. The standard InChI is InChI=1S/C23H24ClFN2O2/c1-14-5-4-6-17(9-14)11-26-12-20-15(2)27(16(3)22(20)23(28)29)13-18-7-8-19(25)10-21(18)24/h4-10,26H,11-13H2,1-3H3,(H,28,29). The van der Waals surface area contributed by atoms with Crippen molar-refractivity contribution in [3.8, 4) is 0 Å². The van der Waals surface area contributed by atoms with Gasteiger partial charge in [-0.05, 0) is 44.0 Å². The Morgan fingerprint density at radius 1 is 1.10 bits per heavy atom. The van der Waals surface area contributed by atoms with Crippen molar-refractivity contribution >= 4 is 17.6 Å². The van der Waals surface area contributed by atoms with Crippen LogP contribution in [0, 0.1) is 26.6 Å². The molecule has 0 radical (unpaired) electrons. The van der Waals surface area contributed by atoms with Crippen LogP contribution in [-0.4, -0.2) is 15.6 Å². The molecule has 6 heteroatoms. The molecular formula is C23H24ClFN2O2. The van der Waals surface area contributed by atoms with Gasteiger partial charge in [-0.15, -0.1) is 0 Å². The first-order valence-corrected chi connectivity index (χ1v) is 9.77. The third kappa shape index (κ3) is 4.69. The Labute approximate surface area is 174 Å². The molecule has 2 aromatic carbocycles. The van der Waals surface area contributed by atoms with Crippen LogP contribution in [0.2, 0.25) is 5.02 Å². The first kappa shape index (κ1) is 21.1. The van der Waals surface area contributed by atoms with Crippen LogP contribution in [0.15, 0.2) is 42.5 Å². The summed E-state index contributed by atoms with van der Waals surface area (Å²) in [6, 6.07) is 12.5. The highest BCUT2D eigenvalue weighted by molar-refractivity contribution is 6.31. The third-order valence-corrected chi connectivity index (χ3v) is 5.53. The van der Waals surface area contributed by atoms with E-state index in [2.05, 4.69) is 11.4 Å². The molecule has 2 N–H and O–H groups in total. The fraction of sp³-hybridized carbons (Fsp3) is 0.261. The Balaban J connectivity index is 1.86. The summed E-state index contributed by atoms with van der Waals surface area (Å²) in [4.78, 5) is 11.9. The van der Waals surface area contributed by atoms with Crippen molar-refractivity contribution in [2.75, 3.05) is 0 Å². The number of carboxylic acid groups (broad SMARTS) is 1. The van der Waals surface area contributed by atoms with E-state index in [-0.39, 0.29) is 0 Å². The monoisotopic (exact) mass is 414 g/mol. The molecule has 1 aromatic heterocycles. The molecule has 0 unspecified atom stereocenters. The minimum Gasteiger partial charge on any atom is -0.478 e. The van der Waals surface area contributed by atoms with Crippen molar-refractivity contribution in [2.45, 2.75) is 40.4 Å². The number of halogens is 2. The molecule has 3 aromatic rings. The summed E-state index contributed by atoms with van der Waals surface area (Å²) >= 11 is 6.18. The Bertz CT molecular complexity index is 1060. The average molecular weight is 415 g/mol. The number of benzene rings is 2. The maximum Gasteiger partial charge on any atom is 0.337 e. The lowest BCUT2D eigenvalue weighted by atomic mass is 10.1. The fourth-order valence-corrected chi connectivity index (χ4v) is 3.89. The number of aryl methyl sites for hydroxylation is 1. The molecule has 1 heterocycles. The molecule has 152 valence electrons. The molecule has 0 aliphatic rings. The van der Waals surface area contributed by atoms with Crippen molar-refractivity contribution < 1.29 is 14.3 Å². The van der Waals surface area contributed by atoms with Crippen LogP contribution >= 0.6 is 11.6 Å². The zero-order valence-corrected chi connectivity index (χ0v) is 17.5. The van der Waals surface area contributed by atoms with Gasteiger partial charge in [0.1, 0.15) is 5.82 Å². The van der Waals surface area contributed by atoms with Gasteiger partial charge in [0.05, 0.1) is 5.56 Å². The zero-order valence-electron chi connectivity index (χ0n) is 16.7. The Kier molecular flexibility index (Phi) is 6.40. The number of aromatic carboxylic acids is 1. The van der Waals surface area contributed by atoms with Crippen LogP contribution in [-0.2, 0) is 19.6 Å². The van der Waals surface area contributed by atoms with Gasteiger partial charge >= 0.3 is 5.97 Å². The SMILES string of the molecule is Cc1cccc(CNCc2c(C(=O)O)c(C)n(Cc3ccc(F)cc3Cl)c2C)c1. The van der Waals surface area contributed by atoms with Gasteiger partial charge < -0.3 is 15.0 Å². The molecule has 0 bridgehead atoms. The highest BCUT2D eigenvalue weighted by Crippen LogP contribution is 2.26. The molecule has 29 heavy (non-hydrogen) atoms. The summed E-state index contributed by atoms with van der Waals surface area (Å²) in [5, 5.41) is 13.5. The highest BCUT2D eigenvalue weighted by Gasteiger charge is 2.22. The van der Waals surface area contributed by atoms with E-state index in [4.69, 9.17) is 11.6 Å². The van der Waals surface area contributed by atoms with Crippen LogP contribution in [0.5, 0.6) is 0 Å². The molecular weight excluding hydrogens is 391 g/mol. The van der Waals surface area contributed by atoms with Crippen molar-refractivity contribution in [2.24, 2.45) is 0 Å². The molecule has 3 rings (SSSR count). The predicted molar refractivity (Wildman–Crippen MR) is 113 cm³/mol. The van der Waals surface area contributed by atoms with Crippen LogP contribution < -0.4 is 5.32 Å². The fourth-order valence-electron chi connectivity index (χ4n) is 3.66. The smallest absolute Gasteiger partial charge is 0.337 e. The Hall–Kier alpha value is -2.63. The third-order valence-electron chi connectivity index (χ3n) is 5.18. The van der Waals surface area contributed by atoms with Gasteiger partial charge in [0.2, 0.25) is 0 Å². The minimum atomic E-state index is -0.957.